The first kappa shape index (κ1) is 28.3. The van der Waals surface area contributed by atoms with Crippen molar-refractivity contribution >= 4 is 45.8 Å². The molecule has 0 spiro atoms. The molecule has 2 fully saturated rings. The van der Waals surface area contributed by atoms with E-state index < -0.39 is 40.3 Å². The third-order valence-corrected chi connectivity index (χ3v) is 8.39. The van der Waals surface area contributed by atoms with E-state index in [2.05, 4.69) is 10.3 Å². The predicted molar refractivity (Wildman–Crippen MR) is 154 cm³/mol. The van der Waals surface area contributed by atoms with Crippen molar-refractivity contribution in [3.63, 3.8) is 0 Å². The van der Waals surface area contributed by atoms with Gasteiger partial charge in [0.2, 0.25) is 11.3 Å². The number of amides is 2. The lowest BCUT2D eigenvalue weighted by Crippen LogP contribution is -2.50. The molecule has 15 heteroatoms. The van der Waals surface area contributed by atoms with Crippen LogP contribution in [0.25, 0.3) is 10.9 Å². The Morgan fingerprint density at radius 3 is 2.44 bits per heavy atom. The summed E-state index contributed by atoms with van der Waals surface area (Å²) in [6.07, 6.45) is 4.45. The average Bonchev–Trinajstić information content (AvgIpc) is 3.73. The van der Waals surface area contributed by atoms with Crippen LogP contribution in [-0.2, 0) is 22.7 Å². The Labute approximate surface area is 252 Å². The molecular formula is C30H25F2N7O6. The third kappa shape index (κ3) is 4.89. The van der Waals surface area contributed by atoms with Crippen LogP contribution in [0.1, 0.15) is 45.3 Å². The van der Waals surface area contributed by atoms with E-state index in [1.165, 1.54) is 29.2 Å². The first-order chi connectivity index (χ1) is 21.6. The number of carbonyl (C=O) groups is 4. The molecule has 0 atom stereocenters. The second kappa shape index (κ2) is 10.6. The number of aromatic nitrogens is 4. The highest BCUT2D eigenvalue weighted by Crippen LogP contribution is 2.38. The molecular weight excluding hydrogens is 592 g/mol. The number of carbonyl (C=O) groups excluding carboxylic acids is 3. The summed E-state index contributed by atoms with van der Waals surface area (Å²) in [4.78, 5) is 66.5. The van der Waals surface area contributed by atoms with Crippen molar-refractivity contribution in [3.05, 3.63) is 81.4 Å². The Bertz CT molecular complexity index is 1990. The SMILES string of the molecule is O=C1C(=O)N(Cc2cn(CC(=O)N3CCN(c4cc5c(cc4F)c(=O)c(C(=O)O)cn5C4CC4)CC3)nn2)c2c(F)cccc21. The van der Waals surface area contributed by atoms with Gasteiger partial charge in [0, 0.05) is 43.8 Å². The number of benzene rings is 2. The summed E-state index contributed by atoms with van der Waals surface area (Å²) in [6, 6.07) is 6.61. The first-order valence-electron chi connectivity index (χ1n) is 14.3. The number of ketones is 1. The van der Waals surface area contributed by atoms with Crippen molar-refractivity contribution in [3.8, 4) is 0 Å². The standard InChI is InChI=1S/C30H25F2N7O6/c31-21-3-1-2-18-26(21)39(29(43)28(18)42)13-16-12-37(34-33-16)15-25(40)36-8-6-35(7-9-36)24-11-23-19(10-22(24)32)27(41)20(30(44)45)14-38(23)17-4-5-17/h1-3,10-12,14,17H,4-9,13,15H2,(H,44,45). The molecule has 2 amide bonds. The van der Waals surface area contributed by atoms with Gasteiger partial charge in [-0.3, -0.25) is 24.1 Å². The zero-order chi connectivity index (χ0) is 31.6. The van der Waals surface area contributed by atoms with Crippen LogP contribution in [0.3, 0.4) is 0 Å². The maximum absolute atomic E-state index is 15.3. The molecule has 1 aliphatic carbocycles. The number of Topliss-reactive ketones (excluding diaryl/α,β-unsaturated/α-hetero) is 1. The maximum Gasteiger partial charge on any atom is 0.341 e. The molecule has 0 bridgehead atoms. The highest BCUT2D eigenvalue weighted by Gasteiger charge is 2.38. The number of fused-ring (bicyclic) bond motifs is 2. The normalized spacial score (nSPS) is 16.5. The molecule has 2 aromatic carbocycles. The summed E-state index contributed by atoms with van der Waals surface area (Å²) in [6.45, 7) is 0.836. The minimum absolute atomic E-state index is 0.0131. The lowest BCUT2D eigenvalue weighted by atomic mass is 10.1. The number of rotatable bonds is 7. The number of hydrogen-bond acceptors (Lipinski definition) is 8. The molecule has 3 aliphatic rings. The number of hydrogen-bond donors (Lipinski definition) is 1. The molecule has 4 aromatic rings. The van der Waals surface area contributed by atoms with E-state index in [1.54, 1.807) is 20.4 Å². The van der Waals surface area contributed by atoms with E-state index in [-0.39, 0.29) is 66.1 Å². The Kier molecular flexibility index (Phi) is 6.67. The van der Waals surface area contributed by atoms with Crippen molar-refractivity contribution in [2.45, 2.75) is 32.0 Å². The minimum Gasteiger partial charge on any atom is -0.477 e. The van der Waals surface area contributed by atoms with Gasteiger partial charge in [0.1, 0.15) is 29.4 Å². The van der Waals surface area contributed by atoms with Crippen LogP contribution in [0, 0.1) is 11.6 Å². The number of halogens is 2. The smallest absolute Gasteiger partial charge is 0.341 e. The summed E-state index contributed by atoms with van der Waals surface area (Å²) in [5, 5.41) is 17.4. The van der Waals surface area contributed by atoms with E-state index >= 15 is 4.39 Å². The minimum atomic E-state index is -1.36. The van der Waals surface area contributed by atoms with Crippen LogP contribution in [0.5, 0.6) is 0 Å². The van der Waals surface area contributed by atoms with Gasteiger partial charge in [-0.1, -0.05) is 11.3 Å². The monoisotopic (exact) mass is 617 g/mol. The topological polar surface area (TPSA) is 151 Å². The quantitative estimate of drug-likeness (QED) is 0.307. The second-order valence-electron chi connectivity index (χ2n) is 11.3. The van der Waals surface area contributed by atoms with Crippen LogP contribution < -0.4 is 15.2 Å². The molecule has 45 heavy (non-hydrogen) atoms. The van der Waals surface area contributed by atoms with Gasteiger partial charge in [-0.05, 0) is 37.1 Å². The van der Waals surface area contributed by atoms with Gasteiger partial charge in [-0.25, -0.2) is 18.3 Å². The number of anilines is 2. The molecule has 1 saturated carbocycles. The van der Waals surface area contributed by atoms with E-state index in [0.717, 1.165) is 29.9 Å². The third-order valence-electron chi connectivity index (χ3n) is 8.39. The van der Waals surface area contributed by atoms with Gasteiger partial charge in [0.05, 0.1) is 35.2 Å². The number of carboxylic acids is 1. The molecule has 7 rings (SSSR count). The second-order valence-corrected chi connectivity index (χ2v) is 11.3. The van der Waals surface area contributed by atoms with Crippen molar-refractivity contribution in [1.82, 2.24) is 24.5 Å². The zero-order valence-electron chi connectivity index (χ0n) is 23.7. The van der Waals surface area contributed by atoms with Gasteiger partial charge in [-0.2, -0.15) is 0 Å². The Morgan fingerprint density at radius 2 is 1.73 bits per heavy atom. The van der Waals surface area contributed by atoms with Gasteiger partial charge in [0.25, 0.3) is 11.7 Å². The van der Waals surface area contributed by atoms with Crippen LogP contribution in [0.2, 0.25) is 0 Å². The lowest BCUT2D eigenvalue weighted by Gasteiger charge is -2.36. The Morgan fingerprint density at radius 1 is 0.978 bits per heavy atom. The lowest BCUT2D eigenvalue weighted by molar-refractivity contribution is -0.132. The molecule has 2 aliphatic heterocycles. The Balaban J connectivity index is 1.02. The zero-order valence-corrected chi connectivity index (χ0v) is 23.7. The molecule has 1 N–H and O–H groups in total. The molecule has 13 nitrogen and oxygen atoms in total. The van der Waals surface area contributed by atoms with Crippen LogP contribution in [0.4, 0.5) is 20.2 Å². The molecule has 1 saturated heterocycles. The molecule has 230 valence electrons. The predicted octanol–water partition coefficient (Wildman–Crippen LogP) is 1.98. The van der Waals surface area contributed by atoms with Crippen LogP contribution >= 0.6 is 0 Å². The molecule has 4 heterocycles. The highest BCUT2D eigenvalue weighted by molar-refractivity contribution is 6.52. The van der Waals surface area contributed by atoms with E-state index in [4.69, 9.17) is 0 Å². The number of para-hydroxylation sites is 1. The Hall–Kier alpha value is -5.47. The van der Waals surface area contributed by atoms with Crippen LogP contribution in [-0.4, -0.2) is 79.3 Å². The highest BCUT2D eigenvalue weighted by atomic mass is 19.1. The average molecular weight is 618 g/mol. The molecule has 0 unspecified atom stereocenters. The molecule has 0 radical (unpaired) electrons. The van der Waals surface area contributed by atoms with Gasteiger partial charge < -0.3 is 19.5 Å². The van der Waals surface area contributed by atoms with Gasteiger partial charge >= 0.3 is 5.97 Å². The number of aromatic carboxylic acids is 1. The summed E-state index contributed by atoms with van der Waals surface area (Å²) in [5.41, 5.74) is -0.265. The van der Waals surface area contributed by atoms with Crippen LogP contribution in [0.15, 0.2) is 47.5 Å². The number of piperazine rings is 1. The summed E-state index contributed by atoms with van der Waals surface area (Å²) >= 11 is 0. The van der Waals surface area contributed by atoms with E-state index in [0.29, 0.717) is 18.6 Å². The fraction of sp³-hybridized carbons (Fsp3) is 0.300. The fourth-order valence-corrected chi connectivity index (χ4v) is 5.96. The van der Waals surface area contributed by atoms with Crippen molar-refractivity contribution in [1.29, 1.82) is 0 Å². The number of pyridine rings is 1. The van der Waals surface area contributed by atoms with Gasteiger partial charge in [0.15, 0.2) is 0 Å². The fourth-order valence-electron chi connectivity index (χ4n) is 5.96. The maximum atomic E-state index is 15.3. The van der Waals surface area contributed by atoms with Crippen molar-refractivity contribution in [2.24, 2.45) is 0 Å². The van der Waals surface area contributed by atoms with Crippen molar-refractivity contribution < 1.29 is 33.1 Å². The van der Waals surface area contributed by atoms with Crippen molar-refractivity contribution in [2.75, 3.05) is 36.0 Å². The molecule has 2 aromatic heterocycles. The summed E-state index contributed by atoms with van der Waals surface area (Å²) < 4.78 is 32.8. The van der Waals surface area contributed by atoms with Gasteiger partial charge in [-0.15, -0.1) is 5.10 Å². The summed E-state index contributed by atoms with van der Waals surface area (Å²) in [5.74, 6) is -4.66. The first-order valence-corrected chi connectivity index (χ1v) is 14.3. The largest absolute Gasteiger partial charge is 0.477 e. The summed E-state index contributed by atoms with van der Waals surface area (Å²) in [7, 11) is 0. The number of carboxylic acid groups (broad SMARTS) is 1. The van der Waals surface area contributed by atoms with E-state index in [1.807, 2.05) is 0 Å². The van der Waals surface area contributed by atoms with E-state index in [9.17, 15) is 33.5 Å². The number of nitrogens with zero attached hydrogens (tertiary/aromatic N) is 7.